The quantitative estimate of drug-likeness (QED) is 0.671. The first-order valence-electron chi connectivity index (χ1n) is 9.40. The van der Waals surface area contributed by atoms with Crippen LogP contribution in [0.3, 0.4) is 0 Å². The second-order valence-corrected chi connectivity index (χ2v) is 8.85. The standard InChI is InChI=1S/C21H27FN2O4S/c1-5-20(24(29(4,26)27)18-10-8-17(22)9-11-18)21(25)23-14-16-6-12-19(13-7-16)28-15(2)3/h6-13,15,20H,5,14H2,1-4H3,(H,23,25). The first-order valence-corrected chi connectivity index (χ1v) is 11.2. The number of sulfonamides is 1. The lowest BCUT2D eigenvalue weighted by atomic mass is 10.1. The van der Waals surface area contributed by atoms with Crippen LogP contribution >= 0.6 is 0 Å². The normalized spacial score (nSPS) is 12.5. The molecular formula is C21H27FN2O4S. The molecule has 0 saturated carbocycles. The molecule has 0 radical (unpaired) electrons. The second kappa shape index (κ2) is 9.73. The summed E-state index contributed by atoms with van der Waals surface area (Å²) in [5, 5.41) is 2.78. The number of amides is 1. The third-order valence-corrected chi connectivity index (χ3v) is 5.35. The summed E-state index contributed by atoms with van der Waals surface area (Å²) in [4.78, 5) is 12.8. The van der Waals surface area contributed by atoms with Crippen molar-refractivity contribution in [1.29, 1.82) is 0 Å². The van der Waals surface area contributed by atoms with Crippen molar-refractivity contribution < 1.29 is 22.3 Å². The van der Waals surface area contributed by atoms with E-state index in [0.717, 1.165) is 21.9 Å². The van der Waals surface area contributed by atoms with Gasteiger partial charge in [-0.3, -0.25) is 9.10 Å². The molecule has 0 heterocycles. The van der Waals surface area contributed by atoms with Gasteiger partial charge in [0.15, 0.2) is 0 Å². The Labute approximate surface area is 171 Å². The van der Waals surface area contributed by atoms with E-state index >= 15 is 0 Å². The minimum absolute atomic E-state index is 0.0688. The van der Waals surface area contributed by atoms with Gasteiger partial charge in [-0.05, 0) is 62.2 Å². The van der Waals surface area contributed by atoms with Crippen LogP contribution in [0.25, 0.3) is 0 Å². The van der Waals surface area contributed by atoms with Gasteiger partial charge in [-0.15, -0.1) is 0 Å². The van der Waals surface area contributed by atoms with E-state index < -0.39 is 27.8 Å². The van der Waals surface area contributed by atoms with Crippen molar-refractivity contribution >= 4 is 21.6 Å². The number of hydrogen-bond acceptors (Lipinski definition) is 4. The Morgan fingerprint density at radius 3 is 2.17 bits per heavy atom. The third kappa shape index (κ3) is 6.45. The van der Waals surface area contributed by atoms with Crippen molar-refractivity contribution in [3.05, 3.63) is 59.9 Å². The van der Waals surface area contributed by atoms with Gasteiger partial charge in [0.1, 0.15) is 17.6 Å². The lowest BCUT2D eigenvalue weighted by Gasteiger charge is -2.30. The Bertz CT molecular complexity index is 913. The van der Waals surface area contributed by atoms with Crippen molar-refractivity contribution in [3.8, 4) is 5.75 Å². The largest absolute Gasteiger partial charge is 0.491 e. The highest BCUT2D eigenvalue weighted by Crippen LogP contribution is 2.23. The highest BCUT2D eigenvalue weighted by molar-refractivity contribution is 7.92. The molecule has 1 unspecified atom stereocenters. The monoisotopic (exact) mass is 422 g/mol. The molecule has 0 bridgehead atoms. The molecule has 2 aromatic carbocycles. The first-order chi connectivity index (χ1) is 13.6. The minimum Gasteiger partial charge on any atom is -0.491 e. The molecule has 2 aromatic rings. The average Bonchev–Trinajstić information content (AvgIpc) is 2.65. The molecule has 0 saturated heterocycles. The molecule has 29 heavy (non-hydrogen) atoms. The number of benzene rings is 2. The second-order valence-electron chi connectivity index (χ2n) is 6.99. The van der Waals surface area contributed by atoms with Crippen LogP contribution in [0.5, 0.6) is 5.75 Å². The van der Waals surface area contributed by atoms with Crippen LogP contribution in [0.1, 0.15) is 32.8 Å². The van der Waals surface area contributed by atoms with Crippen LogP contribution in [0, 0.1) is 5.82 Å². The highest BCUT2D eigenvalue weighted by atomic mass is 32.2. The number of rotatable bonds is 9. The number of anilines is 1. The molecule has 0 spiro atoms. The van der Waals surface area contributed by atoms with E-state index in [4.69, 9.17) is 4.74 Å². The third-order valence-electron chi connectivity index (χ3n) is 4.17. The number of nitrogens with zero attached hydrogens (tertiary/aromatic N) is 1. The fraction of sp³-hybridized carbons (Fsp3) is 0.381. The van der Waals surface area contributed by atoms with Gasteiger partial charge in [0.2, 0.25) is 15.9 Å². The predicted octanol–water partition coefficient (Wildman–Crippen LogP) is 3.47. The molecule has 0 aromatic heterocycles. The van der Waals surface area contributed by atoms with Gasteiger partial charge >= 0.3 is 0 Å². The number of ether oxygens (including phenoxy) is 1. The summed E-state index contributed by atoms with van der Waals surface area (Å²) < 4.78 is 44.6. The zero-order valence-electron chi connectivity index (χ0n) is 17.1. The summed E-state index contributed by atoms with van der Waals surface area (Å²) in [5.41, 5.74) is 1.10. The maximum atomic E-state index is 13.2. The zero-order valence-corrected chi connectivity index (χ0v) is 17.9. The number of halogens is 1. The molecule has 0 aliphatic heterocycles. The Balaban J connectivity index is 2.14. The summed E-state index contributed by atoms with van der Waals surface area (Å²) in [6.07, 6.45) is 1.36. The maximum absolute atomic E-state index is 13.2. The SMILES string of the molecule is CCC(C(=O)NCc1ccc(OC(C)C)cc1)N(c1ccc(F)cc1)S(C)(=O)=O. The van der Waals surface area contributed by atoms with Crippen molar-refractivity contribution in [2.24, 2.45) is 0 Å². The van der Waals surface area contributed by atoms with E-state index in [9.17, 15) is 17.6 Å². The van der Waals surface area contributed by atoms with E-state index in [-0.39, 0.29) is 24.8 Å². The number of hydrogen-bond donors (Lipinski definition) is 1. The lowest BCUT2D eigenvalue weighted by molar-refractivity contribution is -0.122. The predicted molar refractivity (Wildman–Crippen MR) is 112 cm³/mol. The van der Waals surface area contributed by atoms with Crippen molar-refractivity contribution in [2.45, 2.75) is 45.9 Å². The molecule has 1 atom stereocenters. The van der Waals surface area contributed by atoms with Gasteiger partial charge in [-0.25, -0.2) is 12.8 Å². The van der Waals surface area contributed by atoms with E-state index in [2.05, 4.69) is 5.32 Å². The summed E-state index contributed by atoms with van der Waals surface area (Å²) in [6, 6.07) is 11.4. The van der Waals surface area contributed by atoms with Crippen molar-refractivity contribution in [1.82, 2.24) is 5.32 Å². The summed E-state index contributed by atoms with van der Waals surface area (Å²) >= 11 is 0. The lowest BCUT2D eigenvalue weighted by Crippen LogP contribution is -2.49. The van der Waals surface area contributed by atoms with Crippen LogP contribution in [0.4, 0.5) is 10.1 Å². The van der Waals surface area contributed by atoms with Crippen molar-refractivity contribution in [3.63, 3.8) is 0 Å². The Morgan fingerprint density at radius 2 is 1.69 bits per heavy atom. The molecule has 0 fully saturated rings. The fourth-order valence-corrected chi connectivity index (χ4v) is 4.13. The maximum Gasteiger partial charge on any atom is 0.244 e. The van der Waals surface area contributed by atoms with Crippen molar-refractivity contribution in [2.75, 3.05) is 10.6 Å². The van der Waals surface area contributed by atoms with Gasteiger partial charge in [0, 0.05) is 6.54 Å². The first kappa shape index (κ1) is 22.7. The van der Waals surface area contributed by atoms with Gasteiger partial charge < -0.3 is 10.1 Å². The molecule has 6 nitrogen and oxygen atoms in total. The van der Waals surface area contributed by atoms with E-state index in [1.807, 2.05) is 38.1 Å². The summed E-state index contributed by atoms with van der Waals surface area (Å²) in [6.45, 7) is 5.85. The van der Waals surface area contributed by atoms with Gasteiger partial charge in [0.25, 0.3) is 0 Å². The molecule has 1 amide bonds. The summed E-state index contributed by atoms with van der Waals surface area (Å²) in [5.74, 6) is -0.171. The topological polar surface area (TPSA) is 75.7 Å². The van der Waals surface area contributed by atoms with Crippen LogP contribution in [0.15, 0.2) is 48.5 Å². The highest BCUT2D eigenvalue weighted by Gasteiger charge is 2.31. The Kier molecular flexibility index (Phi) is 7.61. The molecule has 158 valence electrons. The van der Waals surface area contributed by atoms with E-state index in [0.29, 0.717) is 0 Å². The minimum atomic E-state index is -3.75. The van der Waals surface area contributed by atoms with E-state index in [1.165, 1.54) is 24.3 Å². The Morgan fingerprint density at radius 1 is 1.10 bits per heavy atom. The van der Waals surface area contributed by atoms with Crippen LogP contribution in [-0.4, -0.2) is 32.7 Å². The zero-order chi connectivity index (χ0) is 21.6. The number of nitrogens with one attached hydrogen (secondary N) is 1. The smallest absolute Gasteiger partial charge is 0.244 e. The van der Waals surface area contributed by atoms with Gasteiger partial charge in [0.05, 0.1) is 18.0 Å². The van der Waals surface area contributed by atoms with E-state index in [1.54, 1.807) is 6.92 Å². The molecule has 0 aliphatic carbocycles. The van der Waals surface area contributed by atoms with Crippen LogP contribution in [0.2, 0.25) is 0 Å². The fourth-order valence-electron chi connectivity index (χ4n) is 2.91. The Hall–Kier alpha value is -2.61. The average molecular weight is 423 g/mol. The number of carbonyl (C=O) groups excluding carboxylic acids is 1. The van der Waals surface area contributed by atoms with Gasteiger partial charge in [-0.1, -0.05) is 19.1 Å². The molecule has 8 heteroatoms. The van der Waals surface area contributed by atoms with Crippen LogP contribution in [-0.2, 0) is 21.4 Å². The molecular weight excluding hydrogens is 395 g/mol. The number of carbonyl (C=O) groups is 1. The van der Waals surface area contributed by atoms with Crippen LogP contribution < -0.4 is 14.4 Å². The summed E-state index contributed by atoms with van der Waals surface area (Å²) in [7, 11) is -3.75. The molecule has 2 rings (SSSR count). The molecule has 0 aliphatic rings. The molecule has 1 N–H and O–H groups in total. The van der Waals surface area contributed by atoms with Gasteiger partial charge in [-0.2, -0.15) is 0 Å².